The number of unbranched alkanes of at least 4 members (excludes halogenated alkanes) is 3. The van der Waals surface area contributed by atoms with Crippen molar-refractivity contribution in [1.29, 1.82) is 0 Å². The first kappa shape index (κ1) is 24.4. The predicted molar refractivity (Wildman–Crippen MR) is 125 cm³/mol. The van der Waals surface area contributed by atoms with Gasteiger partial charge in [0.05, 0.1) is 11.1 Å². The van der Waals surface area contributed by atoms with E-state index in [1.54, 1.807) is 34.9 Å². The minimum Gasteiger partial charge on any atom is -0.489 e. The summed E-state index contributed by atoms with van der Waals surface area (Å²) in [6, 6.07) is 12.4. The molecule has 4 nitrogen and oxygen atoms in total. The molecule has 3 rings (SSSR count). The van der Waals surface area contributed by atoms with Crippen LogP contribution in [0.4, 0.5) is 13.2 Å². The van der Waals surface area contributed by atoms with Gasteiger partial charge in [-0.3, -0.25) is 4.79 Å². The highest BCUT2D eigenvalue weighted by atomic mass is 19.4. The highest BCUT2D eigenvalue weighted by Crippen LogP contribution is 2.32. The van der Waals surface area contributed by atoms with E-state index in [9.17, 15) is 18.0 Å². The Morgan fingerprint density at radius 2 is 1.91 bits per heavy atom. The molecule has 0 aliphatic heterocycles. The predicted octanol–water partition coefficient (Wildman–Crippen LogP) is 6.58. The third-order valence-corrected chi connectivity index (χ3v) is 5.41. The van der Waals surface area contributed by atoms with E-state index in [1.807, 2.05) is 6.07 Å². The number of ether oxygens (including phenoxy) is 1. The Labute approximate surface area is 192 Å². The van der Waals surface area contributed by atoms with Crippen LogP contribution in [-0.2, 0) is 12.7 Å². The van der Waals surface area contributed by atoms with E-state index >= 15 is 0 Å². The zero-order chi connectivity index (χ0) is 23.8. The smallest absolute Gasteiger partial charge is 0.416 e. The van der Waals surface area contributed by atoms with Gasteiger partial charge in [-0.2, -0.15) is 13.2 Å². The van der Waals surface area contributed by atoms with Gasteiger partial charge in [-0.1, -0.05) is 57.0 Å². The highest BCUT2D eigenvalue weighted by Gasteiger charge is 2.30. The van der Waals surface area contributed by atoms with E-state index in [2.05, 4.69) is 18.8 Å². The summed E-state index contributed by atoms with van der Waals surface area (Å²) in [5, 5.41) is 3.67. The SMILES string of the molecule is C=CCOc1cccc2c1cc(C(=O)NCCCCCC)n2Cc1cccc(C(F)(F)F)c1. The van der Waals surface area contributed by atoms with Gasteiger partial charge in [-0.15, -0.1) is 0 Å². The van der Waals surface area contributed by atoms with Gasteiger partial charge in [0.1, 0.15) is 18.1 Å². The van der Waals surface area contributed by atoms with E-state index in [0.29, 0.717) is 35.7 Å². The van der Waals surface area contributed by atoms with Crippen molar-refractivity contribution in [3.63, 3.8) is 0 Å². The number of alkyl halides is 3. The quantitative estimate of drug-likeness (QED) is 0.260. The molecule has 1 amide bonds. The monoisotopic (exact) mass is 458 g/mol. The van der Waals surface area contributed by atoms with Gasteiger partial charge in [0.15, 0.2) is 0 Å². The van der Waals surface area contributed by atoms with Crippen LogP contribution in [0.25, 0.3) is 10.9 Å². The second-order valence-electron chi connectivity index (χ2n) is 7.92. The molecule has 0 radical (unpaired) electrons. The number of aromatic nitrogens is 1. The molecule has 1 N–H and O–H groups in total. The zero-order valence-electron chi connectivity index (χ0n) is 18.8. The number of hydrogen-bond donors (Lipinski definition) is 1. The fourth-order valence-corrected chi connectivity index (χ4v) is 3.76. The number of halogens is 3. The summed E-state index contributed by atoms with van der Waals surface area (Å²) in [5.74, 6) is 0.330. The van der Waals surface area contributed by atoms with E-state index in [-0.39, 0.29) is 12.5 Å². The lowest BCUT2D eigenvalue weighted by molar-refractivity contribution is -0.137. The van der Waals surface area contributed by atoms with E-state index < -0.39 is 11.7 Å². The minimum atomic E-state index is -4.43. The molecule has 0 bridgehead atoms. The van der Waals surface area contributed by atoms with Crippen LogP contribution in [0.15, 0.2) is 61.2 Å². The summed E-state index contributed by atoms with van der Waals surface area (Å²) in [7, 11) is 0. The number of nitrogens with zero attached hydrogens (tertiary/aromatic N) is 1. The number of carbonyl (C=O) groups excluding carboxylic acids is 1. The Kier molecular flexibility index (Phi) is 8.20. The first-order valence-electron chi connectivity index (χ1n) is 11.2. The fourth-order valence-electron chi connectivity index (χ4n) is 3.76. The van der Waals surface area contributed by atoms with Crippen molar-refractivity contribution in [3.8, 4) is 5.75 Å². The summed E-state index contributed by atoms with van der Waals surface area (Å²) in [6.07, 6.45) is 1.31. The normalized spacial score (nSPS) is 11.5. The Hall–Kier alpha value is -3.22. The summed E-state index contributed by atoms with van der Waals surface area (Å²) < 4.78 is 47.1. The molecule has 0 spiro atoms. The van der Waals surface area contributed by atoms with Crippen molar-refractivity contribution in [2.24, 2.45) is 0 Å². The Morgan fingerprint density at radius 3 is 2.64 bits per heavy atom. The molecule has 176 valence electrons. The van der Waals surface area contributed by atoms with Gasteiger partial charge in [-0.25, -0.2) is 0 Å². The van der Waals surface area contributed by atoms with Crippen LogP contribution in [0.5, 0.6) is 5.75 Å². The number of nitrogens with one attached hydrogen (secondary N) is 1. The standard InChI is InChI=1S/C26H29F3N2O2/c1-3-5-6-7-14-30-25(32)23-17-21-22(12-9-13-24(21)33-15-4-2)31(23)18-19-10-8-11-20(16-19)26(27,28)29/h4,8-13,16-17H,2-3,5-7,14-15,18H2,1H3,(H,30,32). The summed E-state index contributed by atoms with van der Waals surface area (Å²) >= 11 is 0. The maximum absolute atomic E-state index is 13.2. The molecule has 0 aliphatic carbocycles. The van der Waals surface area contributed by atoms with Gasteiger partial charge in [0, 0.05) is 18.5 Å². The largest absolute Gasteiger partial charge is 0.489 e. The third-order valence-electron chi connectivity index (χ3n) is 5.41. The number of rotatable bonds is 11. The van der Waals surface area contributed by atoms with Gasteiger partial charge < -0.3 is 14.6 Å². The average molecular weight is 459 g/mol. The van der Waals surface area contributed by atoms with Crippen LogP contribution < -0.4 is 10.1 Å². The van der Waals surface area contributed by atoms with Gasteiger partial charge in [-0.05, 0) is 42.3 Å². The first-order chi connectivity index (χ1) is 15.8. The van der Waals surface area contributed by atoms with Crippen LogP contribution in [0, 0.1) is 0 Å². The van der Waals surface area contributed by atoms with Crippen LogP contribution in [0.3, 0.4) is 0 Å². The van der Waals surface area contributed by atoms with Crippen LogP contribution in [0.1, 0.15) is 54.2 Å². The molecule has 0 fully saturated rings. The molecule has 1 aromatic heterocycles. The van der Waals surface area contributed by atoms with Crippen LogP contribution in [-0.4, -0.2) is 23.6 Å². The number of amides is 1. The van der Waals surface area contributed by atoms with Crippen molar-refractivity contribution >= 4 is 16.8 Å². The molecular weight excluding hydrogens is 429 g/mol. The average Bonchev–Trinajstić information content (AvgIpc) is 3.16. The Balaban J connectivity index is 1.97. The van der Waals surface area contributed by atoms with Crippen molar-refractivity contribution in [2.45, 2.75) is 45.3 Å². The maximum Gasteiger partial charge on any atom is 0.416 e. The molecule has 0 saturated heterocycles. The van der Waals surface area contributed by atoms with Crippen molar-refractivity contribution in [1.82, 2.24) is 9.88 Å². The van der Waals surface area contributed by atoms with Gasteiger partial charge >= 0.3 is 6.18 Å². The van der Waals surface area contributed by atoms with Gasteiger partial charge in [0.2, 0.25) is 0 Å². The van der Waals surface area contributed by atoms with Crippen LogP contribution in [0.2, 0.25) is 0 Å². The molecule has 2 aromatic carbocycles. The molecule has 0 aliphatic rings. The lowest BCUT2D eigenvalue weighted by Crippen LogP contribution is -2.27. The number of hydrogen-bond acceptors (Lipinski definition) is 2. The molecule has 33 heavy (non-hydrogen) atoms. The molecule has 0 unspecified atom stereocenters. The maximum atomic E-state index is 13.2. The van der Waals surface area contributed by atoms with Gasteiger partial charge in [0.25, 0.3) is 5.91 Å². The Bertz CT molecular complexity index is 1100. The van der Waals surface area contributed by atoms with E-state index in [4.69, 9.17) is 4.74 Å². The van der Waals surface area contributed by atoms with E-state index in [0.717, 1.165) is 43.2 Å². The summed E-state index contributed by atoms with van der Waals surface area (Å²) in [5.41, 5.74) is 0.836. The van der Waals surface area contributed by atoms with Crippen molar-refractivity contribution in [2.75, 3.05) is 13.2 Å². The molecular formula is C26H29F3N2O2. The second-order valence-corrected chi connectivity index (χ2v) is 7.92. The van der Waals surface area contributed by atoms with Crippen LogP contribution >= 0.6 is 0 Å². The zero-order valence-corrected chi connectivity index (χ0v) is 18.8. The lowest BCUT2D eigenvalue weighted by atomic mass is 10.1. The molecule has 3 aromatic rings. The topological polar surface area (TPSA) is 43.3 Å². The summed E-state index contributed by atoms with van der Waals surface area (Å²) in [4.78, 5) is 13.0. The first-order valence-corrected chi connectivity index (χ1v) is 11.2. The Morgan fingerprint density at radius 1 is 1.12 bits per heavy atom. The van der Waals surface area contributed by atoms with E-state index in [1.165, 1.54) is 6.07 Å². The molecule has 0 atom stereocenters. The molecule has 7 heteroatoms. The molecule has 0 saturated carbocycles. The number of benzene rings is 2. The summed E-state index contributed by atoms with van der Waals surface area (Å²) in [6.45, 7) is 6.75. The van der Waals surface area contributed by atoms with Crippen molar-refractivity contribution < 1.29 is 22.7 Å². The number of fused-ring (bicyclic) bond motifs is 1. The highest BCUT2D eigenvalue weighted by molar-refractivity contribution is 6.00. The fraction of sp³-hybridized carbons (Fsp3) is 0.346. The van der Waals surface area contributed by atoms with Crippen molar-refractivity contribution in [3.05, 3.63) is 78.0 Å². The number of carbonyl (C=O) groups is 1. The lowest BCUT2D eigenvalue weighted by Gasteiger charge is -2.13. The molecule has 1 heterocycles. The third kappa shape index (κ3) is 6.18. The minimum absolute atomic E-state index is 0.122. The second kappa shape index (κ2) is 11.1.